The second kappa shape index (κ2) is 13.1. The third-order valence-corrected chi connectivity index (χ3v) is 7.43. The number of carbonyl (C=O) groups excluding carboxylic acids is 2. The van der Waals surface area contributed by atoms with E-state index in [2.05, 4.69) is 5.32 Å². The molecule has 0 spiro atoms. The van der Waals surface area contributed by atoms with Crippen LogP contribution >= 0.6 is 0 Å². The van der Waals surface area contributed by atoms with Crippen LogP contribution < -0.4 is 19.1 Å². The quantitative estimate of drug-likeness (QED) is 0.370. The van der Waals surface area contributed by atoms with E-state index in [9.17, 15) is 18.0 Å². The number of benzene rings is 3. The summed E-state index contributed by atoms with van der Waals surface area (Å²) in [5.41, 5.74) is 2.93. The van der Waals surface area contributed by atoms with Gasteiger partial charge in [0, 0.05) is 26.1 Å². The van der Waals surface area contributed by atoms with E-state index in [1.54, 1.807) is 12.1 Å². The maximum absolute atomic E-state index is 14.0. The Labute approximate surface area is 230 Å². The average Bonchev–Trinajstić information content (AvgIpc) is 2.92. The second-order valence-corrected chi connectivity index (χ2v) is 11.0. The van der Waals surface area contributed by atoms with Gasteiger partial charge in [0.25, 0.3) is 0 Å². The van der Waals surface area contributed by atoms with Crippen LogP contribution in [-0.2, 0) is 32.6 Å². The summed E-state index contributed by atoms with van der Waals surface area (Å²) in [6, 6.07) is 20.8. The molecule has 0 aliphatic rings. The molecule has 0 unspecified atom stereocenters. The third kappa shape index (κ3) is 7.73. The largest absolute Gasteiger partial charge is 0.493 e. The molecule has 208 valence electrons. The first-order chi connectivity index (χ1) is 18.6. The topological polar surface area (TPSA) is 105 Å². The summed E-state index contributed by atoms with van der Waals surface area (Å²) < 4.78 is 37.4. The van der Waals surface area contributed by atoms with Crippen LogP contribution in [0.3, 0.4) is 0 Å². The number of ether oxygens (including phenoxy) is 2. The molecule has 3 aromatic carbocycles. The zero-order valence-electron chi connectivity index (χ0n) is 22.9. The van der Waals surface area contributed by atoms with Crippen molar-refractivity contribution in [2.75, 3.05) is 38.4 Å². The average molecular weight is 554 g/mol. The highest BCUT2D eigenvalue weighted by Crippen LogP contribution is 2.32. The molecule has 0 aromatic heterocycles. The molecule has 2 amide bonds. The summed E-state index contributed by atoms with van der Waals surface area (Å²) in [6.45, 7) is 1.55. The Morgan fingerprint density at radius 3 is 2.15 bits per heavy atom. The predicted molar refractivity (Wildman–Crippen MR) is 151 cm³/mol. The highest BCUT2D eigenvalue weighted by Gasteiger charge is 2.32. The smallest absolute Gasteiger partial charge is 0.244 e. The van der Waals surface area contributed by atoms with Crippen LogP contribution in [0.15, 0.2) is 72.8 Å². The molecule has 9 nitrogen and oxygen atoms in total. The van der Waals surface area contributed by atoms with E-state index < -0.39 is 28.5 Å². The van der Waals surface area contributed by atoms with Crippen molar-refractivity contribution in [1.29, 1.82) is 0 Å². The van der Waals surface area contributed by atoms with Crippen LogP contribution in [0, 0.1) is 6.92 Å². The fourth-order valence-corrected chi connectivity index (χ4v) is 5.16. The van der Waals surface area contributed by atoms with E-state index in [-0.39, 0.29) is 24.6 Å². The third-order valence-electron chi connectivity index (χ3n) is 6.29. The molecule has 39 heavy (non-hydrogen) atoms. The van der Waals surface area contributed by atoms with E-state index >= 15 is 0 Å². The maximum Gasteiger partial charge on any atom is 0.244 e. The number of nitrogens with one attached hydrogen (secondary N) is 1. The van der Waals surface area contributed by atoms with Crippen molar-refractivity contribution in [2.24, 2.45) is 0 Å². The number of rotatable bonds is 12. The van der Waals surface area contributed by atoms with E-state index in [1.165, 1.54) is 32.2 Å². The Hall–Kier alpha value is -4.05. The van der Waals surface area contributed by atoms with E-state index in [4.69, 9.17) is 9.47 Å². The maximum atomic E-state index is 14.0. The molecule has 0 saturated heterocycles. The van der Waals surface area contributed by atoms with Gasteiger partial charge in [0.2, 0.25) is 21.8 Å². The van der Waals surface area contributed by atoms with Gasteiger partial charge >= 0.3 is 0 Å². The van der Waals surface area contributed by atoms with Crippen molar-refractivity contribution in [3.8, 4) is 11.5 Å². The van der Waals surface area contributed by atoms with Gasteiger partial charge in [-0.3, -0.25) is 13.9 Å². The molecule has 0 aliphatic carbocycles. The van der Waals surface area contributed by atoms with Gasteiger partial charge in [-0.1, -0.05) is 60.2 Å². The highest BCUT2D eigenvalue weighted by atomic mass is 32.2. The van der Waals surface area contributed by atoms with Gasteiger partial charge in [0.05, 0.1) is 26.2 Å². The van der Waals surface area contributed by atoms with Crippen molar-refractivity contribution in [3.63, 3.8) is 0 Å². The Morgan fingerprint density at radius 1 is 0.897 bits per heavy atom. The Bertz CT molecular complexity index is 1400. The fraction of sp³-hybridized carbons (Fsp3) is 0.310. The minimum atomic E-state index is -3.89. The summed E-state index contributed by atoms with van der Waals surface area (Å²) in [6.07, 6.45) is 1.29. The summed E-state index contributed by atoms with van der Waals surface area (Å²) >= 11 is 0. The first-order valence-electron chi connectivity index (χ1n) is 12.4. The van der Waals surface area contributed by atoms with Crippen LogP contribution in [0.1, 0.15) is 16.7 Å². The van der Waals surface area contributed by atoms with Gasteiger partial charge in [-0.2, -0.15) is 0 Å². The number of nitrogens with zero attached hydrogens (tertiary/aromatic N) is 2. The molecule has 0 radical (unpaired) electrons. The molecular weight excluding hydrogens is 518 g/mol. The van der Waals surface area contributed by atoms with Crippen molar-refractivity contribution >= 4 is 27.5 Å². The summed E-state index contributed by atoms with van der Waals surface area (Å²) in [5.74, 6) is -0.136. The summed E-state index contributed by atoms with van der Waals surface area (Å²) in [7, 11) is 0.543. The number of hydrogen-bond acceptors (Lipinski definition) is 6. The lowest BCUT2D eigenvalue weighted by Crippen LogP contribution is -2.52. The number of methoxy groups -OCH3 is 2. The lowest BCUT2D eigenvalue weighted by atomic mass is 10.0. The molecule has 1 atom stereocenters. The van der Waals surface area contributed by atoms with Gasteiger partial charge in [-0.25, -0.2) is 8.42 Å². The Balaban J connectivity index is 2.05. The standard InChI is InChI=1S/C29H35N3O6S/c1-21-10-9-13-23(16-21)19-31(25(29(34)30-2)17-22-11-7-6-8-12-22)28(33)20-32(39(5,35)36)24-14-15-26(37-3)27(18-24)38-4/h6-16,18,25H,17,19-20H2,1-5H3,(H,30,34)/t25-/m0/s1. The van der Waals surface area contributed by atoms with Crippen LogP contribution in [0.5, 0.6) is 11.5 Å². The van der Waals surface area contributed by atoms with Gasteiger partial charge < -0.3 is 19.7 Å². The molecule has 0 heterocycles. The van der Waals surface area contributed by atoms with Crippen LogP contribution in [-0.4, -0.2) is 65.2 Å². The molecule has 3 rings (SSSR count). The molecule has 1 N–H and O–H groups in total. The number of anilines is 1. The number of hydrogen-bond donors (Lipinski definition) is 1. The number of aryl methyl sites for hydroxylation is 1. The normalized spacial score (nSPS) is 11.8. The minimum Gasteiger partial charge on any atom is -0.493 e. The number of sulfonamides is 1. The first kappa shape index (κ1) is 29.5. The van der Waals surface area contributed by atoms with Crippen LogP contribution in [0.4, 0.5) is 5.69 Å². The predicted octanol–water partition coefficient (Wildman–Crippen LogP) is 3.16. The van der Waals surface area contributed by atoms with E-state index in [0.29, 0.717) is 11.5 Å². The van der Waals surface area contributed by atoms with Crippen molar-refractivity contribution in [3.05, 3.63) is 89.5 Å². The number of likely N-dealkylation sites (N-methyl/N-ethyl adjacent to an activating group) is 1. The van der Waals surface area contributed by atoms with Crippen LogP contribution in [0.25, 0.3) is 0 Å². The SMILES string of the molecule is CNC(=O)[C@H](Cc1ccccc1)N(Cc1cccc(C)c1)C(=O)CN(c1ccc(OC)c(OC)c1)S(C)(=O)=O. The first-order valence-corrected chi connectivity index (χ1v) is 14.2. The number of carbonyl (C=O) groups is 2. The molecule has 3 aromatic rings. The van der Waals surface area contributed by atoms with Crippen LogP contribution in [0.2, 0.25) is 0 Å². The fourth-order valence-electron chi connectivity index (χ4n) is 4.32. The minimum absolute atomic E-state index is 0.120. The van der Waals surface area contributed by atoms with Crippen molar-refractivity contribution in [2.45, 2.75) is 25.9 Å². The Morgan fingerprint density at radius 2 is 1.56 bits per heavy atom. The van der Waals surface area contributed by atoms with Crippen molar-refractivity contribution in [1.82, 2.24) is 10.2 Å². The van der Waals surface area contributed by atoms with Gasteiger partial charge in [-0.15, -0.1) is 0 Å². The highest BCUT2D eigenvalue weighted by molar-refractivity contribution is 7.92. The molecule has 0 bridgehead atoms. The summed E-state index contributed by atoms with van der Waals surface area (Å²) in [5, 5.41) is 2.67. The molecule has 0 saturated carbocycles. The lowest BCUT2D eigenvalue weighted by molar-refractivity contribution is -0.139. The monoisotopic (exact) mass is 553 g/mol. The van der Waals surface area contributed by atoms with Gasteiger partial charge in [0.1, 0.15) is 12.6 Å². The van der Waals surface area contributed by atoms with E-state index in [0.717, 1.165) is 27.3 Å². The summed E-state index contributed by atoms with van der Waals surface area (Å²) in [4.78, 5) is 28.6. The molecular formula is C29H35N3O6S. The molecule has 10 heteroatoms. The zero-order chi connectivity index (χ0) is 28.6. The molecule has 0 aliphatic heterocycles. The van der Waals surface area contributed by atoms with E-state index in [1.807, 2.05) is 61.5 Å². The second-order valence-electron chi connectivity index (χ2n) is 9.14. The van der Waals surface area contributed by atoms with Gasteiger partial charge in [-0.05, 0) is 30.2 Å². The molecule has 0 fully saturated rings. The lowest BCUT2D eigenvalue weighted by Gasteiger charge is -2.33. The van der Waals surface area contributed by atoms with Crippen molar-refractivity contribution < 1.29 is 27.5 Å². The number of amides is 2. The zero-order valence-corrected chi connectivity index (χ0v) is 23.7. The Kier molecular flexibility index (Phi) is 9.95. The van der Waals surface area contributed by atoms with Gasteiger partial charge in [0.15, 0.2) is 11.5 Å².